The molecule has 2 aromatic rings. The van der Waals surface area contributed by atoms with Crippen LogP contribution in [0, 0.1) is 13.8 Å². The summed E-state index contributed by atoms with van der Waals surface area (Å²) in [7, 11) is 1.90. The summed E-state index contributed by atoms with van der Waals surface area (Å²) in [5.41, 5.74) is 3.47. The van der Waals surface area contributed by atoms with Crippen molar-refractivity contribution >= 4 is 0 Å². The van der Waals surface area contributed by atoms with E-state index in [2.05, 4.69) is 48.4 Å². The smallest absolute Gasteiger partial charge is 0.247 e. The van der Waals surface area contributed by atoms with E-state index in [0.29, 0.717) is 11.8 Å². The molecule has 4 nitrogen and oxygen atoms in total. The summed E-state index contributed by atoms with van der Waals surface area (Å²) in [5.74, 6) is 1.23. The Balaban J connectivity index is 2.31. The van der Waals surface area contributed by atoms with Crippen LogP contribution in [-0.2, 0) is 0 Å². The van der Waals surface area contributed by atoms with E-state index in [0.717, 1.165) is 12.0 Å². The molecule has 1 unspecified atom stereocenters. The number of aryl methyl sites for hydroxylation is 2. The lowest BCUT2D eigenvalue weighted by molar-refractivity contribution is 0.415. The third-order valence-corrected chi connectivity index (χ3v) is 3.25. The molecule has 0 saturated heterocycles. The van der Waals surface area contributed by atoms with Gasteiger partial charge in [-0.1, -0.05) is 13.0 Å². The highest BCUT2D eigenvalue weighted by molar-refractivity contribution is 5.55. The van der Waals surface area contributed by atoms with Crippen molar-refractivity contribution in [2.45, 2.75) is 33.2 Å². The Labute approximate surface area is 107 Å². The van der Waals surface area contributed by atoms with Gasteiger partial charge in [-0.2, -0.15) is 0 Å². The van der Waals surface area contributed by atoms with E-state index in [1.165, 1.54) is 11.1 Å². The number of hydrogen-bond acceptors (Lipinski definition) is 4. The van der Waals surface area contributed by atoms with Crippen LogP contribution in [0.15, 0.2) is 22.6 Å². The lowest BCUT2D eigenvalue weighted by atomic mass is 10.1. The summed E-state index contributed by atoms with van der Waals surface area (Å²) in [4.78, 5) is 0. The average molecular weight is 245 g/mol. The second-order valence-corrected chi connectivity index (χ2v) is 4.49. The maximum absolute atomic E-state index is 5.72. The molecule has 1 N–H and O–H groups in total. The highest BCUT2D eigenvalue weighted by Gasteiger charge is 2.15. The van der Waals surface area contributed by atoms with Crippen LogP contribution in [0.2, 0.25) is 0 Å². The summed E-state index contributed by atoms with van der Waals surface area (Å²) in [6.07, 6.45) is 0.922. The topological polar surface area (TPSA) is 51.0 Å². The van der Waals surface area contributed by atoms with Gasteiger partial charge in [-0.3, -0.25) is 0 Å². The number of nitrogens with one attached hydrogen (secondary N) is 1. The minimum atomic E-state index is 0.123. The Morgan fingerprint density at radius 3 is 2.61 bits per heavy atom. The minimum absolute atomic E-state index is 0.123. The zero-order chi connectivity index (χ0) is 13.1. The van der Waals surface area contributed by atoms with Gasteiger partial charge in [0.15, 0.2) is 0 Å². The summed E-state index contributed by atoms with van der Waals surface area (Å²) >= 11 is 0. The van der Waals surface area contributed by atoms with Gasteiger partial charge in [-0.15, -0.1) is 10.2 Å². The molecule has 1 aromatic carbocycles. The first kappa shape index (κ1) is 12.8. The molecule has 1 aromatic heterocycles. The second kappa shape index (κ2) is 5.31. The molecule has 2 rings (SSSR count). The van der Waals surface area contributed by atoms with Crippen LogP contribution in [0.25, 0.3) is 11.5 Å². The average Bonchev–Trinajstić information content (AvgIpc) is 2.84. The second-order valence-electron chi connectivity index (χ2n) is 4.49. The van der Waals surface area contributed by atoms with Gasteiger partial charge >= 0.3 is 0 Å². The molecule has 1 atom stereocenters. The lowest BCUT2D eigenvalue weighted by Crippen LogP contribution is -2.15. The SMILES string of the molecule is CCC(NC)c1nnc(-c2ccc(C)c(C)c2)o1. The van der Waals surface area contributed by atoms with Crippen molar-refractivity contribution in [1.82, 2.24) is 15.5 Å². The molecule has 96 valence electrons. The van der Waals surface area contributed by atoms with Gasteiger partial charge in [0.25, 0.3) is 0 Å². The first-order chi connectivity index (χ1) is 8.65. The fourth-order valence-corrected chi connectivity index (χ4v) is 1.87. The van der Waals surface area contributed by atoms with E-state index in [9.17, 15) is 0 Å². The lowest BCUT2D eigenvalue weighted by Gasteiger charge is -2.07. The number of hydrogen-bond donors (Lipinski definition) is 1. The van der Waals surface area contributed by atoms with Crippen molar-refractivity contribution in [3.8, 4) is 11.5 Å². The monoisotopic (exact) mass is 245 g/mol. The fourth-order valence-electron chi connectivity index (χ4n) is 1.87. The molecule has 0 bridgehead atoms. The van der Waals surface area contributed by atoms with Gasteiger partial charge < -0.3 is 9.73 Å². The van der Waals surface area contributed by atoms with Gasteiger partial charge in [0.1, 0.15) is 0 Å². The Kier molecular flexibility index (Phi) is 3.77. The Bertz CT molecular complexity index is 530. The molecule has 18 heavy (non-hydrogen) atoms. The molecule has 0 amide bonds. The van der Waals surface area contributed by atoms with E-state index in [1.54, 1.807) is 0 Å². The van der Waals surface area contributed by atoms with E-state index in [-0.39, 0.29) is 6.04 Å². The summed E-state index contributed by atoms with van der Waals surface area (Å²) in [6.45, 7) is 6.26. The van der Waals surface area contributed by atoms with Crippen LogP contribution in [0.5, 0.6) is 0 Å². The number of aromatic nitrogens is 2. The predicted molar refractivity (Wildman–Crippen MR) is 71.3 cm³/mol. The third-order valence-electron chi connectivity index (χ3n) is 3.25. The van der Waals surface area contributed by atoms with Gasteiger partial charge in [-0.05, 0) is 50.6 Å². The fraction of sp³-hybridized carbons (Fsp3) is 0.429. The summed E-state index contributed by atoms with van der Waals surface area (Å²) in [5, 5.41) is 11.4. The third kappa shape index (κ3) is 2.43. The first-order valence-electron chi connectivity index (χ1n) is 6.24. The van der Waals surface area contributed by atoms with Crippen LogP contribution in [0.1, 0.15) is 36.4 Å². The number of rotatable bonds is 4. The molecule has 0 spiro atoms. The van der Waals surface area contributed by atoms with Crippen molar-refractivity contribution in [2.75, 3.05) is 7.05 Å². The van der Waals surface area contributed by atoms with Gasteiger partial charge in [-0.25, -0.2) is 0 Å². The van der Waals surface area contributed by atoms with Crippen molar-refractivity contribution in [3.63, 3.8) is 0 Å². The Morgan fingerprint density at radius 1 is 1.22 bits per heavy atom. The molecule has 4 heteroatoms. The molecule has 0 aliphatic carbocycles. The first-order valence-corrected chi connectivity index (χ1v) is 6.24. The van der Waals surface area contributed by atoms with Crippen LogP contribution in [0.4, 0.5) is 0 Å². The van der Waals surface area contributed by atoms with Crippen molar-refractivity contribution in [3.05, 3.63) is 35.2 Å². The van der Waals surface area contributed by atoms with E-state index < -0.39 is 0 Å². The van der Waals surface area contributed by atoms with E-state index >= 15 is 0 Å². The van der Waals surface area contributed by atoms with E-state index in [1.807, 2.05) is 13.1 Å². The molecular weight excluding hydrogens is 226 g/mol. The molecule has 0 radical (unpaired) electrons. The van der Waals surface area contributed by atoms with Crippen LogP contribution < -0.4 is 5.32 Å². The molecule has 0 aliphatic heterocycles. The van der Waals surface area contributed by atoms with Gasteiger partial charge in [0, 0.05) is 5.56 Å². The van der Waals surface area contributed by atoms with Crippen LogP contribution >= 0.6 is 0 Å². The molecule has 0 fully saturated rings. The van der Waals surface area contributed by atoms with Gasteiger partial charge in [0.2, 0.25) is 11.8 Å². The van der Waals surface area contributed by atoms with Crippen molar-refractivity contribution in [2.24, 2.45) is 0 Å². The maximum atomic E-state index is 5.72. The predicted octanol–water partition coefficient (Wildman–Crippen LogP) is 3.02. The van der Waals surface area contributed by atoms with Crippen molar-refractivity contribution in [1.29, 1.82) is 0 Å². The zero-order valence-electron chi connectivity index (χ0n) is 11.3. The van der Waals surface area contributed by atoms with Crippen LogP contribution in [0.3, 0.4) is 0 Å². The molecule has 0 aliphatic rings. The minimum Gasteiger partial charge on any atom is -0.419 e. The largest absolute Gasteiger partial charge is 0.419 e. The highest BCUT2D eigenvalue weighted by Crippen LogP contribution is 2.23. The Morgan fingerprint density at radius 2 is 2.00 bits per heavy atom. The Hall–Kier alpha value is -1.68. The van der Waals surface area contributed by atoms with E-state index in [4.69, 9.17) is 4.42 Å². The van der Waals surface area contributed by atoms with Crippen molar-refractivity contribution < 1.29 is 4.42 Å². The number of benzene rings is 1. The molecule has 1 heterocycles. The number of nitrogens with zero attached hydrogens (tertiary/aromatic N) is 2. The molecule has 0 saturated carbocycles. The zero-order valence-corrected chi connectivity index (χ0v) is 11.3. The summed E-state index contributed by atoms with van der Waals surface area (Å²) in [6, 6.07) is 6.29. The maximum Gasteiger partial charge on any atom is 0.247 e. The van der Waals surface area contributed by atoms with Crippen LogP contribution in [-0.4, -0.2) is 17.2 Å². The summed E-state index contributed by atoms with van der Waals surface area (Å²) < 4.78 is 5.72. The highest BCUT2D eigenvalue weighted by atomic mass is 16.4. The molecular formula is C14H19N3O. The van der Waals surface area contributed by atoms with Gasteiger partial charge in [0.05, 0.1) is 6.04 Å². The quantitative estimate of drug-likeness (QED) is 0.899. The normalized spacial score (nSPS) is 12.7. The standard InChI is InChI=1S/C14H19N3O/c1-5-12(15-4)14-17-16-13(18-14)11-7-6-9(2)10(3)8-11/h6-8,12,15H,5H2,1-4H3.